The molecule has 1 amide bonds. The SMILES string of the molecule is N#Cc1ccc2cc1Oc1ccc3cccc(c3c1)N1CCN(CCc3cnc4n3C2CS4)CC1=O. The van der Waals surface area contributed by atoms with Crippen LogP contribution in [0.2, 0.25) is 0 Å². The Bertz CT molecular complexity index is 1570. The number of anilines is 1. The van der Waals surface area contributed by atoms with Gasteiger partial charge >= 0.3 is 0 Å². The summed E-state index contributed by atoms with van der Waals surface area (Å²) in [6.45, 7) is 2.68. The number of rotatable bonds is 0. The third-order valence-electron chi connectivity index (χ3n) is 7.37. The molecule has 2 atom stereocenters. The predicted octanol–water partition coefficient (Wildman–Crippen LogP) is 4.60. The number of nitriles is 1. The first-order valence-corrected chi connectivity index (χ1v) is 13.1. The van der Waals surface area contributed by atoms with Gasteiger partial charge in [-0.15, -0.1) is 0 Å². The van der Waals surface area contributed by atoms with Crippen LogP contribution < -0.4 is 9.64 Å². The molecule has 1 saturated heterocycles. The Morgan fingerprint density at radius 3 is 2.92 bits per heavy atom. The lowest BCUT2D eigenvalue weighted by Gasteiger charge is -2.35. The van der Waals surface area contributed by atoms with E-state index in [0.29, 0.717) is 30.2 Å². The first-order chi connectivity index (χ1) is 17.7. The molecule has 1 fully saturated rings. The minimum atomic E-state index is 0.106. The van der Waals surface area contributed by atoms with Crippen molar-refractivity contribution in [2.24, 2.45) is 0 Å². The smallest absolute Gasteiger partial charge is 0.241 e. The number of hydrogen-bond acceptors (Lipinski definition) is 6. The fraction of sp³-hybridized carbons (Fsp3) is 0.250. The predicted molar refractivity (Wildman–Crippen MR) is 139 cm³/mol. The minimum Gasteiger partial charge on any atom is -0.456 e. The van der Waals surface area contributed by atoms with E-state index in [9.17, 15) is 10.1 Å². The van der Waals surface area contributed by atoms with Gasteiger partial charge < -0.3 is 14.2 Å². The van der Waals surface area contributed by atoms with Crippen LogP contribution in [0.1, 0.15) is 22.9 Å². The Balaban J connectivity index is 1.40. The summed E-state index contributed by atoms with van der Waals surface area (Å²) in [7, 11) is 0. The number of imidazole rings is 1. The molecule has 0 N–H and O–H groups in total. The molecule has 5 heterocycles. The van der Waals surface area contributed by atoms with Gasteiger partial charge in [-0.2, -0.15) is 5.26 Å². The normalized spacial score (nSPS) is 20.8. The molecule has 0 saturated carbocycles. The Hall–Kier alpha value is -3.80. The number of fused-ring (bicyclic) bond motifs is 3. The van der Waals surface area contributed by atoms with E-state index in [2.05, 4.69) is 20.5 Å². The van der Waals surface area contributed by atoms with E-state index in [1.54, 1.807) is 11.8 Å². The highest BCUT2D eigenvalue weighted by Gasteiger charge is 2.30. The van der Waals surface area contributed by atoms with Gasteiger partial charge in [-0.1, -0.05) is 36.0 Å². The molecule has 7 nitrogen and oxygen atoms in total. The van der Waals surface area contributed by atoms with Crippen molar-refractivity contribution >= 4 is 34.1 Å². The third-order valence-corrected chi connectivity index (χ3v) is 8.41. The lowest BCUT2D eigenvalue weighted by Crippen LogP contribution is -2.51. The van der Waals surface area contributed by atoms with Crippen molar-refractivity contribution in [3.63, 3.8) is 0 Å². The molecule has 4 aliphatic rings. The van der Waals surface area contributed by atoms with Crippen LogP contribution in [-0.4, -0.2) is 52.3 Å². The summed E-state index contributed by atoms with van der Waals surface area (Å²) in [5.74, 6) is 2.18. The van der Waals surface area contributed by atoms with Gasteiger partial charge in [0.05, 0.1) is 23.8 Å². The molecule has 36 heavy (non-hydrogen) atoms. The number of piperazine rings is 1. The monoisotopic (exact) mass is 493 g/mol. The second kappa shape index (κ2) is 8.40. The number of carbonyl (C=O) groups excluding carboxylic acids is 1. The molecule has 4 aliphatic heterocycles. The van der Waals surface area contributed by atoms with Gasteiger partial charge in [0.15, 0.2) is 5.16 Å². The maximum absolute atomic E-state index is 13.3. The van der Waals surface area contributed by atoms with E-state index >= 15 is 0 Å². The quantitative estimate of drug-likeness (QED) is 0.356. The fourth-order valence-electron chi connectivity index (χ4n) is 5.50. The van der Waals surface area contributed by atoms with Gasteiger partial charge in [0.25, 0.3) is 0 Å². The molecule has 6 bridgehead atoms. The fourth-order valence-corrected chi connectivity index (χ4v) is 6.66. The molecular weight excluding hydrogens is 470 g/mol. The second-order valence-corrected chi connectivity index (χ2v) is 10.4. The molecule has 0 aliphatic carbocycles. The summed E-state index contributed by atoms with van der Waals surface area (Å²) in [5, 5.41) is 12.8. The highest BCUT2D eigenvalue weighted by atomic mass is 32.2. The first-order valence-electron chi connectivity index (χ1n) is 12.1. The van der Waals surface area contributed by atoms with Crippen LogP contribution in [0.25, 0.3) is 10.8 Å². The lowest BCUT2D eigenvalue weighted by molar-refractivity contribution is -0.121. The van der Waals surface area contributed by atoms with E-state index in [-0.39, 0.29) is 11.9 Å². The molecule has 178 valence electrons. The van der Waals surface area contributed by atoms with Crippen molar-refractivity contribution in [3.05, 3.63) is 77.6 Å². The number of benzene rings is 3. The zero-order chi connectivity index (χ0) is 24.2. The van der Waals surface area contributed by atoms with Crippen LogP contribution >= 0.6 is 11.8 Å². The number of carbonyl (C=O) groups is 1. The average Bonchev–Trinajstić information content (AvgIpc) is 3.49. The summed E-state index contributed by atoms with van der Waals surface area (Å²) in [6.07, 6.45) is 2.79. The van der Waals surface area contributed by atoms with Crippen LogP contribution in [0.4, 0.5) is 5.69 Å². The van der Waals surface area contributed by atoms with E-state index in [4.69, 9.17) is 4.74 Å². The van der Waals surface area contributed by atoms with Crippen LogP contribution in [0.5, 0.6) is 11.5 Å². The minimum absolute atomic E-state index is 0.106. The Labute approximate surface area is 212 Å². The van der Waals surface area contributed by atoms with Crippen molar-refractivity contribution < 1.29 is 9.53 Å². The van der Waals surface area contributed by atoms with E-state index in [1.165, 1.54) is 5.69 Å². The van der Waals surface area contributed by atoms with Gasteiger partial charge in [0.1, 0.15) is 17.6 Å². The van der Waals surface area contributed by atoms with Gasteiger partial charge in [0, 0.05) is 49.1 Å². The van der Waals surface area contributed by atoms with E-state index < -0.39 is 0 Å². The van der Waals surface area contributed by atoms with Gasteiger partial charge in [-0.25, -0.2) is 4.98 Å². The largest absolute Gasteiger partial charge is 0.456 e. The zero-order valence-corrected chi connectivity index (χ0v) is 20.4. The molecule has 0 radical (unpaired) electrons. The molecule has 0 spiro atoms. The second-order valence-electron chi connectivity index (χ2n) is 9.43. The summed E-state index contributed by atoms with van der Waals surface area (Å²) in [4.78, 5) is 22.1. The van der Waals surface area contributed by atoms with Crippen LogP contribution in [0.15, 0.2) is 66.0 Å². The van der Waals surface area contributed by atoms with Gasteiger partial charge in [0.2, 0.25) is 5.91 Å². The summed E-state index contributed by atoms with van der Waals surface area (Å²) in [5.41, 5.74) is 3.66. The summed E-state index contributed by atoms with van der Waals surface area (Å²) < 4.78 is 8.66. The average molecular weight is 494 g/mol. The number of aromatic nitrogens is 2. The molecule has 1 aromatic heterocycles. The Kier molecular flexibility index (Phi) is 5.01. The third kappa shape index (κ3) is 3.47. The molecule has 2 unspecified atom stereocenters. The Morgan fingerprint density at radius 1 is 1.08 bits per heavy atom. The van der Waals surface area contributed by atoms with Crippen molar-refractivity contribution in [1.82, 2.24) is 14.5 Å². The van der Waals surface area contributed by atoms with Crippen molar-refractivity contribution in [3.8, 4) is 17.6 Å². The molecule has 3 aromatic carbocycles. The molecule has 4 aromatic rings. The number of thioether (sulfide) groups is 1. The standard InChI is InChI=1S/C28H23N5O2S/c29-14-20-5-4-19-12-26(20)35-22-7-6-18-2-1-3-24(23(18)13-22)32-11-10-31(16-27(32)34)9-8-21-15-30-28-33(21)25(19)17-36-28/h1-7,12-13,15,25H,8-11,16-17H2. The first kappa shape index (κ1) is 21.5. The lowest BCUT2D eigenvalue weighted by atomic mass is 10.0. The molecular formula is C28H23N5O2S. The number of ether oxygens (including phenoxy) is 1. The Morgan fingerprint density at radius 2 is 2.03 bits per heavy atom. The summed E-state index contributed by atoms with van der Waals surface area (Å²) in [6, 6.07) is 20.2. The number of hydrogen-bond donors (Lipinski definition) is 0. The van der Waals surface area contributed by atoms with E-state index in [1.807, 2.05) is 65.7 Å². The van der Waals surface area contributed by atoms with Crippen LogP contribution in [-0.2, 0) is 11.2 Å². The van der Waals surface area contributed by atoms with Gasteiger partial charge in [-0.05, 0) is 41.3 Å². The number of amides is 1. The van der Waals surface area contributed by atoms with Crippen molar-refractivity contribution in [2.45, 2.75) is 17.6 Å². The van der Waals surface area contributed by atoms with Crippen LogP contribution in [0.3, 0.4) is 0 Å². The van der Waals surface area contributed by atoms with Crippen LogP contribution in [0, 0.1) is 11.3 Å². The summed E-state index contributed by atoms with van der Waals surface area (Å²) >= 11 is 1.75. The zero-order valence-electron chi connectivity index (χ0n) is 19.6. The van der Waals surface area contributed by atoms with Crippen molar-refractivity contribution in [2.75, 3.05) is 36.8 Å². The van der Waals surface area contributed by atoms with Gasteiger partial charge in [-0.3, -0.25) is 9.69 Å². The topological polar surface area (TPSA) is 74.4 Å². The maximum Gasteiger partial charge on any atom is 0.241 e. The number of nitrogens with zero attached hydrogens (tertiary/aromatic N) is 5. The highest BCUT2D eigenvalue weighted by Crippen LogP contribution is 2.40. The highest BCUT2D eigenvalue weighted by molar-refractivity contribution is 7.99. The van der Waals surface area contributed by atoms with Crippen molar-refractivity contribution in [1.29, 1.82) is 5.26 Å². The van der Waals surface area contributed by atoms with E-state index in [0.717, 1.165) is 52.4 Å². The molecule has 8 heteroatoms. The maximum atomic E-state index is 13.3. The molecule has 8 rings (SSSR count).